The third kappa shape index (κ3) is 4.16. The fourth-order valence-electron chi connectivity index (χ4n) is 1.94. The fourth-order valence-corrected chi connectivity index (χ4v) is 2.54. The number of carbonyl (C=O) groups is 1. The molecule has 2 rings (SSSR count). The Hall–Kier alpha value is -1.65. The summed E-state index contributed by atoms with van der Waals surface area (Å²) in [6.45, 7) is 0. The molecule has 0 saturated heterocycles. The van der Waals surface area contributed by atoms with E-state index in [1.54, 1.807) is 23.9 Å². The first-order chi connectivity index (χ1) is 10.1. The van der Waals surface area contributed by atoms with E-state index < -0.39 is 6.04 Å². The number of nitrogens with one attached hydrogen (secondary N) is 1. The molecule has 0 heterocycles. The molecule has 110 valence electrons. The summed E-state index contributed by atoms with van der Waals surface area (Å²) < 4.78 is 4.89. The second-order valence-electron chi connectivity index (χ2n) is 4.38. The van der Waals surface area contributed by atoms with Gasteiger partial charge in [0, 0.05) is 15.6 Å². The molecule has 0 spiro atoms. The predicted molar refractivity (Wildman–Crippen MR) is 88.1 cm³/mol. The molecule has 1 atom stereocenters. The van der Waals surface area contributed by atoms with Gasteiger partial charge in [-0.3, -0.25) is 0 Å². The summed E-state index contributed by atoms with van der Waals surface area (Å²) in [7, 11) is 1.38. The maximum absolute atomic E-state index is 12.0. The van der Waals surface area contributed by atoms with Crippen LogP contribution in [0.25, 0.3) is 0 Å². The molecule has 0 aromatic heterocycles. The average molecular weight is 322 g/mol. The van der Waals surface area contributed by atoms with E-state index in [9.17, 15) is 4.79 Å². The molecule has 0 aliphatic carbocycles. The zero-order chi connectivity index (χ0) is 15.2. The third-order valence-corrected chi connectivity index (χ3v) is 4.00. The van der Waals surface area contributed by atoms with Gasteiger partial charge in [0.1, 0.15) is 0 Å². The van der Waals surface area contributed by atoms with Gasteiger partial charge in [-0.2, -0.15) is 0 Å². The van der Waals surface area contributed by atoms with E-state index in [2.05, 4.69) is 5.32 Å². The van der Waals surface area contributed by atoms with Crippen LogP contribution in [0.3, 0.4) is 0 Å². The lowest BCUT2D eigenvalue weighted by molar-refractivity contribution is -0.141. The molecule has 1 N–H and O–H groups in total. The summed E-state index contributed by atoms with van der Waals surface area (Å²) in [4.78, 5) is 13.2. The van der Waals surface area contributed by atoms with Gasteiger partial charge < -0.3 is 10.1 Å². The highest BCUT2D eigenvalue weighted by Crippen LogP contribution is 2.25. The van der Waals surface area contributed by atoms with Gasteiger partial charge >= 0.3 is 5.97 Å². The molecule has 21 heavy (non-hydrogen) atoms. The topological polar surface area (TPSA) is 38.3 Å². The average Bonchev–Trinajstić information content (AvgIpc) is 2.52. The molecule has 0 aliphatic rings. The third-order valence-electron chi connectivity index (χ3n) is 3.02. The second kappa shape index (κ2) is 7.38. The monoisotopic (exact) mass is 321 g/mol. The second-order valence-corrected chi connectivity index (χ2v) is 5.70. The molecule has 0 amide bonds. The van der Waals surface area contributed by atoms with Gasteiger partial charge in [-0.25, -0.2) is 4.79 Å². The first kappa shape index (κ1) is 15.7. The normalized spacial score (nSPS) is 11.8. The van der Waals surface area contributed by atoms with Crippen molar-refractivity contribution in [2.45, 2.75) is 10.9 Å². The van der Waals surface area contributed by atoms with Gasteiger partial charge in [0.25, 0.3) is 0 Å². The SMILES string of the molecule is COC(=O)C(Nc1cccc(Cl)c1)c1ccc(SC)cc1. The Bertz CT molecular complexity index is 616. The zero-order valence-electron chi connectivity index (χ0n) is 11.8. The Morgan fingerprint density at radius 1 is 1.24 bits per heavy atom. The van der Waals surface area contributed by atoms with E-state index in [-0.39, 0.29) is 5.97 Å². The summed E-state index contributed by atoms with van der Waals surface area (Å²) in [5.74, 6) is -0.341. The van der Waals surface area contributed by atoms with Crippen LogP contribution in [0, 0.1) is 0 Å². The Morgan fingerprint density at radius 2 is 1.95 bits per heavy atom. The summed E-state index contributed by atoms with van der Waals surface area (Å²) >= 11 is 7.62. The minimum absolute atomic E-state index is 0.341. The van der Waals surface area contributed by atoms with Crippen LogP contribution in [0.4, 0.5) is 5.69 Å². The maximum atomic E-state index is 12.0. The standard InChI is InChI=1S/C16H16ClNO2S/c1-20-16(19)15(11-6-8-14(21-2)9-7-11)18-13-5-3-4-12(17)10-13/h3-10,15,18H,1-2H3. The van der Waals surface area contributed by atoms with Crippen molar-refractivity contribution in [2.24, 2.45) is 0 Å². The summed E-state index contributed by atoms with van der Waals surface area (Å²) in [6, 6.07) is 14.5. The predicted octanol–water partition coefficient (Wildman–Crippen LogP) is 4.39. The molecule has 5 heteroatoms. The number of thioether (sulfide) groups is 1. The van der Waals surface area contributed by atoms with Crippen molar-refractivity contribution >= 4 is 35.0 Å². The molecular formula is C16H16ClNO2S. The number of carbonyl (C=O) groups excluding carboxylic acids is 1. The fraction of sp³-hybridized carbons (Fsp3) is 0.188. The number of hydrogen-bond acceptors (Lipinski definition) is 4. The van der Waals surface area contributed by atoms with Crippen molar-refractivity contribution in [3.05, 3.63) is 59.1 Å². The Balaban J connectivity index is 2.27. The van der Waals surface area contributed by atoms with Gasteiger partial charge in [0.05, 0.1) is 7.11 Å². The van der Waals surface area contributed by atoms with Crippen LogP contribution in [-0.4, -0.2) is 19.3 Å². The van der Waals surface area contributed by atoms with Gasteiger partial charge in [-0.1, -0.05) is 29.8 Å². The molecule has 2 aromatic rings. The molecule has 0 radical (unpaired) electrons. The van der Waals surface area contributed by atoms with Crippen molar-refractivity contribution in [3.63, 3.8) is 0 Å². The van der Waals surface area contributed by atoms with Crippen molar-refractivity contribution in [2.75, 3.05) is 18.7 Å². The van der Waals surface area contributed by atoms with E-state index in [1.807, 2.05) is 42.7 Å². The number of rotatable bonds is 5. The Kier molecular flexibility index (Phi) is 5.53. The van der Waals surface area contributed by atoms with E-state index in [0.717, 1.165) is 16.1 Å². The van der Waals surface area contributed by atoms with E-state index in [1.165, 1.54) is 7.11 Å². The molecule has 0 bridgehead atoms. The molecule has 2 aromatic carbocycles. The smallest absolute Gasteiger partial charge is 0.332 e. The highest BCUT2D eigenvalue weighted by molar-refractivity contribution is 7.98. The first-order valence-corrected chi connectivity index (χ1v) is 7.98. The van der Waals surface area contributed by atoms with Gasteiger partial charge in [-0.15, -0.1) is 11.8 Å². The number of halogens is 1. The largest absolute Gasteiger partial charge is 0.467 e. The number of benzene rings is 2. The number of anilines is 1. The summed E-state index contributed by atoms with van der Waals surface area (Å²) in [5.41, 5.74) is 1.62. The van der Waals surface area contributed by atoms with Crippen LogP contribution >= 0.6 is 23.4 Å². The van der Waals surface area contributed by atoms with E-state index in [0.29, 0.717) is 5.02 Å². The van der Waals surface area contributed by atoms with Crippen LogP contribution in [0.1, 0.15) is 11.6 Å². The van der Waals surface area contributed by atoms with E-state index >= 15 is 0 Å². The Labute approximate surface area is 133 Å². The van der Waals surface area contributed by atoms with E-state index in [4.69, 9.17) is 16.3 Å². The van der Waals surface area contributed by atoms with Crippen LogP contribution in [0.2, 0.25) is 5.02 Å². The van der Waals surface area contributed by atoms with Gasteiger partial charge in [-0.05, 0) is 42.2 Å². The number of ether oxygens (including phenoxy) is 1. The number of methoxy groups -OCH3 is 1. The van der Waals surface area contributed by atoms with Crippen LogP contribution in [-0.2, 0) is 9.53 Å². The van der Waals surface area contributed by atoms with Crippen molar-refractivity contribution in [1.29, 1.82) is 0 Å². The quantitative estimate of drug-likeness (QED) is 0.655. The first-order valence-electron chi connectivity index (χ1n) is 6.38. The molecule has 0 saturated carbocycles. The minimum Gasteiger partial charge on any atom is -0.467 e. The summed E-state index contributed by atoms with van der Waals surface area (Å²) in [6.07, 6.45) is 2.01. The molecular weight excluding hydrogens is 306 g/mol. The number of hydrogen-bond donors (Lipinski definition) is 1. The lowest BCUT2D eigenvalue weighted by atomic mass is 10.1. The molecule has 3 nitrogen and oxygen atoms in total. The highest BCUT2D eigenvalue weighted by atomic mass is 35.5. The molecule has 1 unspecified atom stereocenters. The van der Waals surface area contributed by atoms with Crippen LogP contribution < -0.4 is 5.32 Å². The minimum atomic E-state index is -0.565. The van der Waals surface area contributed by atoms with Gasteiger partial charge in [0.2, 0.25) is 0 Å². The van der Waals surface area contributed by atoms with Crippen LogP contribution in [0.15, 0.2) is 53.4 Å². The van der Waals surface area contributed by atoms with Crippen molar-refractivity contribution in [3.8, 4) is 0 Å². The maximum Gasteiger partial charge on any atom is 0.332 e. The number of esters is 1. The Morgan fingerprint density at radius 3 is 2.52 bits per heavy atom. The van der Waals surface area contributed by atoms with Crippen molar-refractivity contribution < 1.29 is 9.53 Å². The molecule has 0 aliphatic heterocycles. The lowest BCUT2D eigenvalue weighted by Gasteiger charge is -2.18. The lowest BCUT2D eigenvalue weighted by Crippen LogP contribution is -2.22. The van der Waals surface area contributed by atoms with Crippen molar-refractivity contribution in [1.82, 2.24) is 0 Å². The zero-order valence-corrected chi connectivity index (χ0v) is 13.4. The highest BCUT2D eigenvalue weighted by Gasteiger charge is 2.21. The van der Waals surface area contributed by atoms with Crippen LogP contribution in [0.5, 0.6) is 0 Å². The molecule has 0 fully saturated rings. The van der Waals surface area contributed by atoms with Gasteiger partial charge in [0.15, 0.2) is 6.04 Å². The summed E-state index contributed by atoms with van der Waals surface area (Å²) in [5, 5.41) is 3.77.